The van der Waals surface area contributed by atoms with Crippen molar-refractivity contribution in [2.45, 2.75) is 46.6 Å². The van der Waals surface area contributed by atoms with E-state index in [9.17, 15) is 9.59 Å². The molecule has 1 aliphatic rings. The standard InChI is InChI=1S/C25H30N4O2/c1-4-23(30)29-11-5-6-20(15-29)25(31)26-14-18-7-9-19(10-8-18)24-27-21-12-16(2)17(3)13-22(21)28-24/h7-10,12-13,20H,4-6,11,14-15H2,1-3H3,(H,26,31)(H,27,28). The van der Waals surface area contributed by atoms with E-state index >= 15 is 0 Å². The van der Waals surface area contributed by atoms with Crippen LogP contribution >= 0.6 is 0 Å². The van der Waals surface area contributed by atoms with E-state index in [1.165, 1.54) is 11.1 Å². The van der Waals surface area contributed by atoms with Crippen LogP contribution in [0.1, 0.15) is 42.9 Å². The number of nitrogens with zero attached hydrogens (tertiary/aromatic N) is 2. The number of hydrogen-bond donors (Lipinski definition) is 2. The molecule has 0 spiro atoms. The average molecular weight is 419 g/mol. The molecule has 0 saturated carbocycles. The minimum atomic E-state index is -0.119. The van der Waals surface area contributed by atoms with Gasteiger partial charge in [-0.1, -0.05) is 31.2 Å². The van der Waals surface area contributed by atoms with Crippen LogP contribution < -0.4 is 5.32 Å². The molecule has 31 heavy (non-hydrogen) atoms. The van der Waals surface area contributed by atoms with Gasteiger partial charge >= 0.3 is 0 Å². The molecule has 1 unspecified atom stereocenters. The normalized spacial score (nSPS) is 16.5. The summed E-state index contributed by atoms with van der Waals surface area (Å²) in [4.78, 5) is 34.5. The monoisotopic (exact) mass is 418 g/mol. The number of rotatable bonds is 5. The molecular formula is C25H30N4O2. The summed E-state index contributed by atoms with van der Waals surface area (Å²) in [5, 5.41) is 3.04. The van der Waals surface area contributed by atoms with Crippen molar-refractivity contribution >= 4 is 22.8 Å². The van der Waals surface area contributed by atoms with Crippen molar-refractivity contribution < 1.29 is 9.59 Å². The molecule has 4 rings (SSSR count). The first-order valence-corrected chi connectivity index (χ1v) is 11.1. The molecule has 3 aromatic rings. The van der Waals surface area contributed by atoms with E-state index < -0.39 is 0 Å². The number of benzene rings is 2. The molecule has 0 radical (unpaired) electrons. The summed E-state index contributed by atoms with van der Waals surface area (Å²) in [7, 11) is 0. The van der Waals surface area contributed by atoms with Crippen molar-refractivity contribution in [1.29, 1.82) is 0 Å². The van der Waals surface area contributed by atoms with E-state index in [-0.39, 0.29) is 17.7 Å². The van der Waals surface area contributed by atoms with E-state index in [2.05, 4.69) is 36.3 Å². The topological polar surface area (TPSA) is 78.1 Å². The van der Waals surface area contributed by atoms with Gasteiger partial charge in [0.1, 0.15) is 5.82 Å². The van der Waals surface area contributed by atoms with Gasteiger partial charge in [-0.15, -0.1) is 0 Å². The summed E-state index contributed by atoms with van der Waals surface area (Å²) in [5.74, 6) is 0.883. The summed E-state index contributed by atoms with van der Waals surface area (Å²) in [5.41, 5.74) is 6.54. The lowest BCUT2D eigenvalue weighted by atomic mass is 9.96. The highest BCUT2D eigenvalue weighted by molar-refractivity contribution is 5.82. The number of amides is 2. The number of piperidine rings is 1. The van der Waals surface area contributed by atoms with Crippen molar-refractivity contribution in [3.8, 4) is 11.4 Å². The van der Waals surface area contributed by atoms with Crippen molar-refractivity contribution in [3.05, 3.63) is 53.1 Å². The van der Waals surface area contributed by atoms with Gasteiger partial charge in [0.15, 0.2) is 0 Å². The molecule has 1 aromatic heterocycles. The maximum atomic E-state index is 12.6. The fraction of sp³-hybridized carbons (Fsp3) is 0.400. The van der Waals surface area contributed by atoms with E-state index in [0.717, 1.165) is 47.4 Å². The Morgan fingerprint density at radius 2 is 1.90 bits per heavy atom. The fourth-order valence-corrected chi connectivity index (χ4v) is 4.16. The highest BCUT2D eigenvalue weighted by Crippen LogP contribution is 2.23. The summed E-state index contributed by atoms with van der Waals surface area (Å²) in [6, 6.07) is 12.3. The lowest BCUT2D eigenvalue weighted by Gasteiger charge is -2.31. The number of carbonyl (C=O) groups excluding carboxylic acids is 2. The zero-order valence-corrected chi connectivity index (χ0v) is 18.5. The van der Waals surface area contributed by atoms with Crippen molar-refractivity contribution in [3.63, 3.8) is 0 Å². The summed E-state index contributed by atoms with van der Waals surface area (Å²) < 4.78 is 0. The van der Waals surface area contributed by atoms with Crippen LogP contribution in [0, 0.1) is 19.8 Å². The number of H-pyrrole nitrogens is 1. The summed E-state index contributed by atoms with van der Waals surface area (Å²) in [6.45, 7) is 7.84. The van der Waals surface area contributed by atoms with Gasteiger partial charge in [0.05, 0.1) is 17.0 Å². The fourth-order valence-electron chi connectivity index (χ4n) is 4.16. The van der Waals surface area contributed by atoms with Gasteiger partial charge in [-0.2, -0.15) is 0 Å². The van der Waals surface area contributed by atoms with E-state index in [1.54, 1.807) is 0 Å². The Morgan fingerprint density at radius 3 is 2.65 bits per heavy atom. The van der Waals surface area contributed by atoms with Gasteiger partial charge in [-0.25, -0.2) is 4.98 Å². The first-order chi connectivity index (χ1) is 14.9. The van der Waals surface area contributed by atoms with E-state index in [1.807, 2.05) is 36.1 Å². The maximum absolute atomic E-state index is 12.6. The molecule has 2 aromatic carbocycles. The zero-order valence-electron chi connectivity index (χ0n) is 18.5. The molecule has 1 aliphatic heterocycles. The second-order valence-corrected chi connectivity index (χ2v) is 8.49. The molecule has 1 saturated heterocycles. The quantitative estimate of drug-likeness (QED) is 0.654. The van der Waals surface area contributed by atoms with Gasteiger partial charge in [0, 0.05) is 31.6 Å². The third kappa shape index (κ3) is 4.63. The Kier molecular flexibility index (Phi) is 6.07. The highest BCUT2D eigenvalue weighted by atomic mass is 16.2. The van der Waals surface area contributed by atoms with Gasteiger partial charge in [-0.05, 0) is 55.5 Å². The second-order valence-electron chi connectivity index (χ2n) is 8.49. The number of aryl methyl sites for hydroxylation is 2. The Morgan fingerprint density at radius 1 is 1.16 bits per heavy atom. The number of carbonyl (C=O) groups is 2. The predicted molar refractivity (Wildman–Crippen MR) is 122 cm³/mol. The van der Waals surface area contributed by atoms with Crippen LogP contribution in [-0.4, -0.2) is 39.8 Å². The molecule has 162 valence electrons. The molecule has 6 heteroatoms. The molecule has 1 atom stereocenters. The third-order valence-electron chi connectivity index (χ3n) is 6.24. The van der Waals surface area contributed by atoms with Crippen LogP contribution in [0.3, 0.4) is 0 Å². The Balaban J connectivity index is 1.38. The lowest BCUT2D eigenvalue weighted by Crippen LogP contribution is -2.45. The van der Waals surface area contributed by atoms with Crippen LogP contribution in [0.25, 0.3) is 22.4 Å². The molecule has 2 heterocycles. The number of hydrogen-bond acceptors (Lipinski definition) is 3. The summed E-state index contributed by atoms with van der Waals surface area (Å²) in [6.07, 6.45) is 2.21. The smallest absolute Gasteiger partial charge is 0.225 e. The molecular weight excluding hydrogens is 388 g/mol. The van der Waals surface area contributed by atoms with Crippen molar-refractivity contribution in [2.75, 3.05) is 13.1 Å². The lowest BCUT2D eigenvalue weighted by molar-refractivity contribution is -0.135. The number of nitrogens with one attached hydrogen (secondary N) is 2. The molecule has 0 bridgehead atoms. The van der Waals surface area contributed by atoms with Crippen LogP contribution in [0.5, 0.6) is 0 Å². The van der Waals surface area contributed by atoms with Crippen LogP contribution in [0.2, 0.25) is 0 Å². The number of aromatic nitrogens is 2. The van der Waals surface area contributed by atoms with Crippen LogP contribution in [0.4, 0.5) is 0 Å². The third-order valence-corrected chi connectivity index (χ3v) is 6.24. The number of imidazole rings is 1. The van der Waals surface area contributed by atoms with Gasteiger partial charge in [-0.3, -0.25) is 9.59 Å². The van der Waals surface area contributed by atoms with E-state index in [4.69, 9.17) is 4.98 Å². The van der Waals surface area contributed by atoms with E-state index in [0.29, 0.717) is 19.5 Å². The molecule has 1 fully saturated rings. The van der Waals surface area contributed by atoms with Crippen molar-refractivity contribution in [1.82, 2.24) is 20.2 Å². The van der Waals surface area contributed by atoms with Gasteiger partial charge < -0.3 is 15.2 Å². The molecule has 6 nitrogen and oxygen atoms in total. The Labute approximate surface area is 183 Å². The largest absolute Gasteiger partial charge is 0.352 e. The summed E-state index contributed by atoms with van der Waals surface area (Å²) >= 11 is 0. The number of aromatic amines is 1. The molecule has 0 aliphatic carbocycles. The zero-order chi connectivity index (χ0) is 22.0. The molecule has 2 N–H and O–H groups in total. The van der Waals surface area contributed by atoms with Crippen LogP contribution in [-0.2, 0) is 16.1 Å². The Hall–Kier alpha value is -3.15. The SMILES string of the molecule is CCC(=O)N1CCCC(C(=O)NCc2ccc(-c3nc4cc(C)c(C)cc4[nH]3)cc2)C1. The number of likely N-dealkylation sites (tertiary alicyclic amines) is 1. The second kappa shape index (κ2) is 8.92. The first kappa shape index (κ1) is 21.1. The predicted octanol–water partition coefficient (Wildman–Crippen LogP) is 4.11. The van der Waals surface area contributed by atoms with Crippen molar-refractivity contribution in [2.24, 2.45) is 5.92 Å². The maximum Gasteiger partial charge on any atom is 0.225 e. The van der Waals surface area contributed by atoms with Gasteiger partial charge in [0.25, 0.3) is 0 Å². The number of fused-ring (bicyclic) bond motifs is 1. The minimum absolute atomic E-state index is 0.0284. The first-order valence-electron chi connectivity index (χ1n) is 11.1. The highest BCUT2D eigenvalue weighted by Gasteiger charge is 2.27. The van der Waals surface area contributed by atoms with Crippen LogP contribution in [0.15, 0.2) is 36.4 Å². The Bertz CT molecular complexity index is 1060. The van der Waals surface area contributed by atoms with Gasteiger partial charge in [0.2, 0.25) is 11.8 Å². The molecule has 2 amide bonds. The minimum Gasteiger partial charge on any atom is -0.352 e. The average Bonchev–Trinajstić information content (AvgIpc) is 3.20.